The van der Waals surface area contributed by atoms with Gasteiger partial charge in [0.25, 0.3) is 5.89 Å². The van der Waals surface area contributed by atoms with Crippen LogP contribution in [0.4, 0.5) is 5.82 Å². The second-order valence-electron chi connectivity index (χ2n) is 7.30. The second-order valence-corrected chi connectivity index (χ2v) is 9.24. The lowest BCUT2D eigenvalue weighted by Crippen LogP contribution is -2.35. The molecule has 0 saturated carbocycles. The Morgan fingerprint density at radius 1 is 1.17 bits per heavy atom. The van der Waals surface area contributed by atoms with Crippen molar-refractivity contribution in [3.63, 3.8) is 0 Å². The van der Waals surface area contributed by atoms with Crippen molar-refractivity contribution >= 4 is 15.8 Å². The molecule has 0 amide bonds. The third-order valence-corrected chi connectivity index (χ3v) is 7.12. The zero-order valence-electron chi connectivity index (χ0n) is 17.0. The fourth-order valence-electron chi connectivity index (χ4n) is 3.47. The van der Waals surface area contributed by atoms with E-state index in [1.165, 1.54) is 6.20 Å². The summed E-state index contributed by atoms with van der Waals surface area (Å²) in [6, 6.07) is 5.07. The molecule has 0 unspecified atom stereocenters. The third-order valence-electron chi connectivity index (χ3n) is 5.23. The SMILES string of the molecule is CCc1noc(-c2nc(-c3cc(S(=O)(=O)N4CCCCC4)ccc3C)cnc2N)n1. The van der Waals surface area contributed by atoms with Gasteiger partial charge in [-0.25, -0.2) is 18.4 Å². The van der Waals surface area contributed by atoms with E-state index in [-0.39, 0.29) is 22.3 Å². The van der Waals surface area contributed by atoms with Crippen molar-refractivity contribution in [1.82, 2.24) is 24.4 Å². The Bertz CT molecular complexity index is 1170. The predicted molar refractivity (Wildman–Crippen MR) is 112 cm³/mol. The van der Waals surface area contributed by atoms with Gasteiger partial charge in [0, 0.05) is 25.1 Å². The average molecular weight is 429 g/mol. The van der Waals surface area contributed by atoms with Gasteiger partial charge < -0.3 is 10.3 Å². The summed E-state index contributed by atoms with van der Waals surface area (Å²) in [6.45, 7) is 4.91. The minimum atomic E-state index is -3.56. The van der Waals surface area contributed by atoms with Crippen molar-refractivity contribution < 1.29 is 12.9 Å². The number of anilines is 1. The van der Waals surface area contributed by atoms with Crippen molar-refractivity contribution in [3.8, 4) is 22.8 Å². The Labute approximate surface area is 175 Å². The average Bonchev–Trinajstić information content (AvgIpc) is 3.24. The largest absolute Gasteiger partial charge is 0.382 e. The van der Waals surface area contributed by atoms with Crippen LogP contribution in [-0.4, -0.2) is 45.9 Å². The van der Waals surface area contributed by atoms with Gasteiger partial charge in [0.2, 0.25) is 10.0 Å². The smallest absolute Gasteiger partial charge is 0.280 e. The van der Waals surface area contributed by atoms with Crippen LogP contribution in [-0.2, 0) is 16.4 Å². The second kappa shape index (κ2) is 8.11. The molecule has 1 saturated heterocycles. The highest BCUT2D eigenvalue weighted by atomic mass is 32.2. The van der Waals surface area contributed by atoms with Crippen LogP contribution < -0.4 is 5.73 Å². The van der Waals surface area contributed by atoms with E-state index < -0.39 is 10.0 Å². The van der Waals surface area contributed by atoms with Crippen LogP contribution in [0.2, 0.25) is 0 Å². The molecular formula is C20H24N6O3S. The maximum absolute atomic E-state index is 13.1. The lowest BCUT2D eigenvalue weighted by Gasteiger charge is -2.26. The molecule has 30 heavy (non-hydrogen) atoms. The van der Waals surface area contributed by atoms with Gasteiger partial charge in [0.1, 0.15) is 0 Å². The van der Waals surface area contributed by atoms with Crippen LogP contribution in [0.3, 0.4) is 0 Å². The first kappa shape index (κ1) is 20.4. The van der Waals surface area contributed by atoms with Gasteiger partial charge in [-0.05, 0) is 37.5 Å². The van der Waals surface area contributed by atoms with E-state index in [0.717, 1.165) is 24.8 Å². The number of nitrogen functional groups attached to an aromatic ring is 1. The summed E-state index contributed by atoms with van der Waals surface area (Å²) in [7, 11) is -3.56. The van der Waals surface area contributed by atoms with E-state index in [1.54, 1.807) is 22.5 Å². The Kier molecular flexibility index (Phi) is 5.52. The molecular weight excluding hydrogens is 404 g/mol. The molecule has 0 bridgehead atoms. The number of sulfonamides is 1. The Morgan fingerprint density at radius 2 is 1.93 bits per heavy atom. The van der Waals surface area contributed by atoms with E-state index in [4.69, 9.17) is 10.3 Å². The van der Waals surface area contributed by atoms with E-state index in [2.05, 4.69) is 20.1 Å². The number of benzene rings is 1. The molecule has 2 N–H and O–H groups in total. The van der Waals surface area contributed by atoms with Gasteiger partial charge in [-0.1, -0.05) is 24.6 Å². The first-order valence-electron chi connectivity index (χ1n) is 9.97. The number of hydrogen-bond acceptors (Lipinski definition) is 8. The standard InChI is InChI=1S/C20H24N6O3S/c1-3-17-24-20(29-25-17)18-19(21)22-12-16(23-18)15-11-14(8-7-13(15)2)30(27,28)26-9-5-4-6-10-26/h7-8,11-12H,3-6,9-10H2,1-2H3,(H2,21,22). The molecule has 1 aliphatic rings. The normalized spacial score (nSPS) is 15.4. The van der Waals surface area contributed by atoms with Gasteiger partial charge in [0.05, 0.1) is 16.8 Å². The molecule has 0 atom stereocenters. The number of nitrogens with zero attached hydrogens (tertiary/aromatic N) is 5. The molecule has 9 nitrogen and oxygen atoms in total. The summed E-state index contributed by atoms with van der Waals surface area (Å²) < 4.78 is 33.0. The molecule has 4 rings (SSSR count). The number of aromatic nitrogens is 4. The van der Waals surface area contributed by atoms with Crippen LogP contribution >= 0.6 is 0 Å². The molecule has 10 heteroatoms. The van der Waals surface area contributed by atoms with Gasteiger partial charge in [-0.3, -0.25) is 0 Å². The fraction of sp³-hybridized carbons (Fsp3) is 0.400. The van der Waals surface area contributed by atoms with Gasteiger partial charge in [0.15, 0.2) is 17.3 Å². The van der Waals surface area contributed by atoms with Crippen LogP contribution in [0.5, 0.6) is 0 Å². The molecule has 1 fully saturated rings. The zero-order chi connectivity index (χ0) is 21.3. The van der Waals surface area contributed by atoms with Crippen LogP contribution in [0.15, 0.2) is 33.8 Å². The van der Waals surface area contributed by atoms with Gasteiger partial charge in [-0.15, -0.1) is 0 Å². The number of piperidine rings is 1. The van der Waals surface area contributed by atoms with Crippen LogP contribution in [0, 0.1) is 6.92 Å². The van der Waals surface area contributed by atoms with Crippen molar-refractivity contribution in [2.75, 3.05) is 18.8 Å². The minimum Gasteiger partial charge on any atom is -0.382 e. The first-order chi connectivity index (χ1) is 14.4. The van der Waals surface area contributed by atoms with E-state index in [9.17, 15) is 8.42 Å². The summed E-state index contributed by atoms with van der Waals surface area (Å²) in [6.07, 6.45) is 4.97. The number of aryl methyl sites for hydroxylation is 2. The highest BCUT2D eigenvalue weighted by Crippen LogP contribution is 2.30. The molecule has 158 valence electrons. The van der Waals surface area contributed by atoms with Crippen LogP contribution in [0.1, 0.15) is 37.6 Å². The van der Waals surface area contributed by atoms with Crippen molar-refractivity contribution in [1.29, 1.82) is 0 Å². The summed E-state index contributed by atoms with van der Waals surface area (Å²) >= 11 is 0. The molecule has 1 aliphatic heterocycles. The lowest BCUT2D eigenvalue weighted by atomic mass is 10.1. The Morgan fingerprint density at radius 3 is 2.63 bits per heavy atom. The fourth-order valence-corrected chi connectivity index (χ4v) is 5.02. The lowest BCUT2D eigenvalue weighted by molar-refractivity contribution is 0.346. The summed E-state index contributed by atoms with van der Waals surface area (Å²) in [5.74, 6) is 0.899. The minimum absolute atomic E-state index is 0.166. The molecule has 3 heterocycles. The van der Waals surface area contributed by atoms with Crippen LogP contribution in [0.25, 0.3) is 22.8 Å². The van der Waals surface area contributed by atoms with Gasteiger partial charge >= 0.3 is 0 Å². The maximum Gasteiger partial charge on any atom is 0.280 e. The molecule has 3 aromatic rings. The molecule has 0 radical (unpaired) electrons. The number of rotatable bonds is 5. The highest BCUT2D eigenvalue weighted by Gasteiger charge is 2.27. The van der Waals surface area contributed by atoms with Gasteiger partial charge in [-0.2, -0.15) is 9.29 Å². The number of nitrogens with two attached hydrogens (primary N) is 1. The molecule has 0 spiro atoms. The monoisotopic (exact) mass is 428 g/mol. The highest BCUT2D eigenvalue weighted by molar-refractivity contribution is 7.89. The third kappa shape index (κ3) is 3.80. The molecule has 0 aliphatic carbocycles. The molecule has 2 aromatic heterocycles. The Hall–Kier alpha value is -2.85. The summed E-state index contributed by atoms with van der Waals surface area (Å²) in [4.78, 5) is 13.3. The first-order valence-corrected chi connectivity index (χ1v) is 11.4. The quantitative estimate of drug-likeness (QED) is 0.657. The van der Waals surface area contributed by atoms with Crippen molar-refractivity contribution in [2.45, 2.75) is 44.4 Å². The van der Waals surface area contributed by atoms with E-state index in [1.807, 2.05) is 13.8 Å². The Balaban J connectivity index is 1.76. The zero-order valence-corrected chi connectivity index (χ0v) is 17.8. The van der Waals surface area contributed by atoms with E-state index in [0.29, 0.717) is 36.6 Å². The van der Waals surface area contributed by atoms with Crippen molar-refractivity contribution in [3.05, 3.63) is 35.8 Å². The molecule has 1 aromatic carbocycles. The predicted octanol–water partition coefficient (Wildman–Crippen LogP) is 2.82. The topological polar surface area (TPSA) is 128 Å². The summed E-state index contributed by atoms with van der Waals surface area (Å²) in [5.41, 5.74) is 8.29. The maximum atomic E-state index is 13.1. The summed E-state index contributed by atoms with van der Waals surface area (Å²) in [5, 5.41) is 3.88. The van der Waals surface area contributed by atoms with Crippen molar-refractivity contribution in [2.24, 2.45) is 0 Å². The van der Waals surface area contributed by atoms with E-state index >= 15 is 0 Å². The number of hydrogen-bond donors (Lipinski definition) is 1.